The lowest BCUT2D eigenvalue weighted by Gasteiger charge is -2.12. The Labute approximate surface area is 169 Å². The van der Waals surface area contributed by atoms with Crippen molar-refractivity contribution < 1.29 is 19.0 Å². The Balaban J connectivity index is 2.02. The van der Waals surface area contributed by atoms with E-state index < -0.39 is 5.97 Å². The van der Waals surface area contributed by atoms with Gasteiger partial charge in [0.1, 0.15) is 4.88 Å². The normalized spacial score (nSPS) is 10.9. The molecular weight excluding hydrogens is 378 g/mol. The number of aromatic nitrogens is 1. The first kappa shape index (κ1) is 21.7. The van der Waals surface area contributed by atoms with E-state index in [4.69, 9.17) is 14.2 Å². The van der Waals surface area contributed by atoms with Gasteiger partial charge in [-0.15, -0.1) is 0 Å². The van der Waals surface area contributed by atoms with E-state index in [9.17, 15) is 4.79 Å². The number of nitrogens with one attached hydrogen (secondary N) is 1. The Bertz CT molecular complexity index is 805. The molecule has 0 unspecified atom stereocenters. The van der Waals surface area contributed by atoms with Gasteiger partial charge in [0.05, 0.1) is 32.2 Å². The third-order valence-corrected chi connectivity index (χ3v) is 4.86. The number of carbonyl (C=O) groups is 1. The smallest absolute Gasteiger partial charge is 0.350 e. The van der Waals surface area contributed by atoms with Gasteiger partial charge >= 0.3 is 5.97 Å². The zero-order chi connectivity index (χ0) is 20.4. The highest BCUT2D eigenvalue weighted by atomic mass is 32.1. The molecule has 28 heavy (non-hydrogen) atoms. The number of carbonyl (C=O) groups excluding carboxylic acids is 1. The van der Waals surface area contributed by atoms with E-state index in [2.05, 4.69) is 22.4 Å². The fraction of sp³-hybridized carbons (Fsp3) is 0.450. The van der Waals surface area contributed by atoms with Gasteiger partial charge in [0.2, 0.25) is 5.13 Å². The zero-order valence-corrected chi connectivity index (χ0v) is 17.6. The molecular formula is C20H27N3O4S. The van der Waals surface area contributed by atoms with Gasteiger partial charge in [0.15, 0.2) is 11.5 Å². The second kappa shape index (κ2) is 11.3. The highest BCUT2D eigenvalue weighted by Crippen LogP contribution is 2.28. The maximum atomic E-state index is 11.6. The quantitative estimate of drug-likeness (QED) is 0.254. The molecule has 0 fully saturated rings. The van der Waals surface area contributed by atoms with Crippen LogP contribution in [0.4, 0.5) is 5.13 Å². The summed E-state index contributed by atoms with van der Waals surface area (Å²) in [6.45, 7) is 7.09. The molecule has 0 aliphatic heterocycles. The standard InChI is InChI=1S/C20H27N3O4S/c1-5-7-8-11-27-16-10-9-15(12-17(16)26-6-2)13-21-23-20-22-14(3)18(28-20)19(24)25-4/h9-10,12-13H,5-8,11H2,1-4H3,(H,22,23)/b21-13-. The Kier molecular flexibility index (Phi) is 8.74. The summed E-state index contributed by atoms with van der Waals surface area (Å²) in [6, 6.07) is 5.69. The van der Waals surface area contributed by atoms with Crippen LogP contribution in [0.5, 0.6) is 11.5 Å². The number of esters is 1. The fourth-order valence-electron chi connectivity index (χ4n) is 2.42. The number of ether oxygens (including phenoxy) is 3. The SMILES string of the molecule is CCCCCOc1ccc(/C=N\Nc2nc(C)c(C(=O)OC)s2)cc1OCC. The van der Waals surface area contributed by atoms with Crippen LogP contribution >= 0.6 is 11.3 Å². The summed E-state index contributed by atoms with van der Waals surface area (Å²) < 4.78 is 16.3. The number of thiazole rings is 1. The van der Waals surface area contributed by atoms with Crippen LogP contribution in [-0.2, 0) is 4.74 Å². The van der Waals surface area contributed by atoms with Crippen molar-refractivity contribution in [2.75, 3.05) is 25.7 Å². The molecule has 0 bridgehead atoms. The number of anilines is 1. The fourth-order valence-corrected chi connectivity index (χ4v) is 3.25. The Morgan fingerprint density at radius 3 is 2.79 bits per heavy atom. The number of rotatable bonds is 11. The van der Waals surface area contributed by atoms with Crippen LogP contribution in [0, 0.1) is 6.92 Å². The Morgan fingerprint density at radius 2 is 2.07 bits per heavy atom. The van der Waals surface area contributed by atoms with Crippen molar-refractivity contribution in [2.45, 2.75) is 40.0 Å². The zero-order valence-electron chi connectivity index (χ0n) is 16.8. The first-order valence-corrected chi connectivity index (χ1v) is 10.1. The van der Waals surface area contributed by atoms with Crippen LogP contribution in [-0.4, -0.2) is 37.5 Å². The molecule has 0 radical (unpaired) electrons. The van der Waals surface area contributed by atoms with Gasteiger partial charge in [-0.25, -0.2) is 9.78 Å². The number of hydrogen-bond donors (Lipinski definition) is 1. The molecule has 7 nitrogen and oxygen atoms in total. The molecule has 1 aromatic heterocycles. The first-order chi connectivity index (χ1) is 13.6. The maximum absolute atomic E-state index is 11.6. The molecule has 0 amide bonds. The van der Waals surface area contributed by atoms with Crippen LogP contribution in [0.2, 0.25) is 0 Å². The van der Waals surface area contributed by atoms with Crippen molar-refractivity contribution in [3.05, 3.63) is 34.3 Å². The molecule has 1 aromatic carbocycles. The van der Waals surface area contributed by atoms with Crippen LogP contribution < -0.4 is 14.9 Å². The second-order valence-electron chi connectivity index (χ2n) is 5.99. The van der Waals surface area contributed by atoms with Crippen molar-refractivity contribution in [3.63, 3.8) is 0 Å². The lowest BCUT2D eigenvalue weighted by atomic mass is 10.2. The van der Waals surface area contributed by atoms with Crippen molar-refractivity contribution >= 4 is 28.7 Å². The molecule has 0 aliphatic carbocycles. The Morgan fingerprint density at radius 1 is 1.25 bits per heavy atom. The number of unbranched alkanes of at least 4 members (excludes halogenated alkanes) is 2. The van der Waals surface area contributed by atoms with Crippen LogP contribution in [0.25, 0.3) is 0 Å². The molecule has 1 N–H and O–H groups in total. The molecule has 0 aliphatic rings. The summed E-state index contributed by atoms with van der Waals surface area (Å²) in [7, 11) is 1.35. The lowest BCUT2D eigenvalue weighted by Crippen LogP contribution is -2.01. The monoisotopic (exact) mass is 405 g/mol. The minimum absolute atomic E-state index is 0.400. The molecule has 0 spiro atoms. The van der Waals surface area contributed by atoms with E-state index in [1.807, 2.05) is 25.1 Å². The van der Waals surface area contributed by atoms with Crippen LogP contribution in [0.1, 0.15) is 54.0 Å². The van der Waals surface area contributed by atoms with Crippen molar-refractivity contribution in [2.24, 2.45) is 5.10 Å². The van der Waals surface area contributed by atoms with Crippen molar-refractivity contribution in [1.82, 2.24) is 4.98 Å². The molecule has 0 saturated heterocycles. The minimum atomic E-state index is -0.400. The number of hydrogen-bond acceptors (Lipinski definition) is 8. The van der Waals surface area contributed by atoms with Gasteiger partial charge in [0, 0.05) is 0 Å². The first-order valence-electron chi connectivity index (χ1n) is 9.33. The summed E-state index contributed by atoms with van der Waals surface area (Å²) in [5, 5.41) is 4.72. The highest BCUT2D eigenvalue weighted by Gasteiger charge is 2.15. The minimum Gasteiger partial charge on any atom is -0.490 e. The third-order valence-electron chi connectivity index (χ3n) is 3.81. The van der Waals surface area contributed by atoms with Crippen molar-refractivity contribution in [1.29, 1.82) is 0 Å². The van der Waals surface area contributed by atoms with Gasteiger partial charge in [-0.2, -0.15) is 5.10 Å². The lowest BCUT2D eigenvalue weighted by molar-refractivity contribution is 0.0605. The van der Waals surface area contributed by atoms with Crippen molar-refractivity contribution in [3.8, 4) is 11.5 Å². The van der Waals surface area contributed by atoms with E-state index >= 15 is 0 Å². The summed E-state index contributed by atoms with van der Waals surface area (Å²) in [4.78, 5) is 16.4. The number of aryl methyl sites for hydroxylation is 1. The number of benzene rings is 1. The van der Waals surface area contributed by atoms with Gasteiger partial charge < -0.3 is 14.2 Å². The summed E-state index contributed by atoms with van der Waals surface area (Å²) in [6.07, 6.45) is 4.99. The average molecular weight is 406 g/mol. The van der Waals surface area contributed by atoms with E-state index in [0.29, 0.717) is 34.7 Å². The topological polar surface area (TPSA) is 82.0 Å². The van der Waals surface area contributed by atoms with E-state index in [-0.39, 0.29) is 0 Å². The van der Waals surface area contributed by atoms with Gasteiger partial charge in [-0.3, -0.25) is 5.43 Å². The summed E-state index contributed by atoms with van der Waals surface area (Å²) in [5.74, 6) is 1.03. The van der Waals surface area contributed by atoms with E-state index in [1.165, 1.54) is 18.4 Å². The van der Waals surface area contributed by atoms with E-state index in [0.717, 1.165) is 30.6 Å². The summed E-state index contributed by atoms with van der Waals surface area (Å²) >= 11 is 1.20. The molecule has 1 heterocycles. The van der Waals surface area contributed by atoms with E-state index in [1.54, 1.807) is 13.1 Å². The number of nitrogens with zero attached hydrogens (tertiary/aromatic N) is 2. The number of methoxy groups -OCH3 is 1. The molecule has 0 saturated carbocycles. The molecule has 152 valence electrons. The average Bonchev–Trinajstić information content (AvgIpc) is 3.06. The predicted octanol–water partition coefficient (Wildman–Crippen LogP) is 4.65. The highest BCUT2D eigenvalue weighted by molar-refractivity contribution is 7.17. The molecule has 0 atom stereocenters. The van der Waals surface area contributed by atoms with Gasteiger partial charge in [0.25, 0.3) is 0 Å². The third kappa shape index (κ3) is 6.23. The summed E-state index contributed by atoms with van der Waals surface area (Å²) in [5.41, 5.74) is 4.31. The largest absolute Gasteiger partial charge is 0.490 e. The molecule has 8 heteroatoms. The van der Waals surface area contributed by atoms with Crippen LogP contribution in [0.3, 0.4) is 0 Å². The molecule has 2 aromatic rings. The predicted molar refractivity (Wildman–Crippen MR) is 112 cm³/mol. The van der Waals surface area contributed by atoms with Gasteiger partial charge in [-0.05, 0) is 44.0 Å². The maximum Gasteiger partial charge on any atom is 0.350 e. The number of hydrazone groups is 1. The van der Waals surface area contributed by atoms with Crippen LogP contribution in [0.15, 0.2) is 23.3 Å². The second-order valence-corrected chi connectivity index (χ2v) is 6.99. The Hall–Kier alpha value is -2.61. The molecule has 2 rings (SSSR count). The van der Waals surface area contributed by atoms with Gasteiger partial charge in [-0.1, -0.05) is 31.1 Å².